The predicted molar refractivity (Wildman–Crippen MR) is 57.9 cm³/mol. The molecule has 0 heterocycles. The second-order valence-electron chi connectivity index (χ2n) is 3.25. The maximum absolute atomic E-state index is 12.2. The molecule has 8 heteroatoms. The van der Waals surface area contributed by atoms with Crippen molar-refractivity contribution in [1.82, 2.24) is 0 Å². The predicted octanol–water partition coefficient (Wildman–Crippen LogP) is 1.48. The number of hydrogen-bond donors (Lipinski definition) is 1. The van der Waals surface area contributed by atoms with Crippen molar-refractivity contribution in [2.45, 2.75) is 10.4 Å². The van der Waals surface area contributed by atoms with Gasteiger partial charge in [0.25, 0.3) is 9.84 Å². The summed E-state index contributed by atoms with van der Waals surface area (Å²) < 4.78 is 58.7. The molecule has 0 saturated carbocycles. The second kappa shape index (κ2) is 4.81. The van der Waals surface area contributed by atoms with E-state index in [0.29, 0.717) is 5.56 Å². The molecule has 4 nitrogen and oxygen atoms in total. The number of alkyl halides is 3. The maximum Gasteiger partial charge on any atom is 0.501 e. The van der Waals surface area contributed by atoms with E-state index in [1.165, 1.54) is 6.08 Å². The van der Waals surface area contributed by atoms with Crippen molar-refractivity contribution in [3.8, 4) is 0 Å². The molecule has 0 fully saturated rings. The van der Waals surface area contributed by atoms with E-state index >= 15 is 0 Å². The molecule has 1 amide bonds. The molecule has 2 N–H and O–H groups in total. The van der Waals surface area contributed by atoms with Crippen LogP contribution in [0, 0.1) is 0 Å². The zero-order chi connectivity index (χ0) is 14.0. The minimum absolute atomic E-state index is 0.356. The van der Waals surface area contributed by atoms with Gasteiger partial charge in [-0.1, -0.05) is 12.1 Å². The van der Waals surface area contributed by atoms with Crippen LogP contribution in [0.3, 0.4) is 0 Å². The van der Waals surface area contributed by atoms with Gasteiger partial charge in [0.05, 0.1) is 4.90 Å². The molecule has 0 aromatic heterocycles. The van der Waals surface area contributed by atoms with Gasteiger partial charge in [-0.25, -0.2) is 8.42 Å². The zero-order valence-corrected chi connectivity index (χ0v) is 9.62. The summed E-state index contributed by atoms with van der Waals surface area (Å²) in [6.45, 7) is 0. The number of nitrogens with two attached hydrogens (primary N) is 1. The van der Waals surface area contributed by atoms with Gasteiger partial charge in [0.15, 0.2) is 0 Å². The molecule has 0 unspecified atom stereocenters. The summed E-state index contributed by atoms with van der Waals surface area (Å²) in [6, 6.07) is 3.89. The summed E-state index contributed by atoms with van der Waals surface area (Å²) in [6.07, 6.45) is 2.26. The molecule has 1 rings (SSSR count). The van der Waals surface area contributed by atoms with Gasteiger partial charge in [-0.15, -0.1) is 0 Å². The fourth-order valence-corrected chi connectivity index (χ4v) is 1.83. The van der Waals surface area contributed by atoms with Crippen LogP contribution in [0.5, 0.6) is 0 Å². The lowest BCUT2D eigenvalue weighted by Crippen LogP contribution is -2.23. The molecule has 1 aromatic carbocycles. The molecular weight excluding hydrogens is 271 g/mol. The fraction of sp³-hybridized carbons (Fsp3) is 0.100. The number of benzene rings is 1. The molecule has 1 aromatic rings. The molecule has 0 saturated heterocycles. The van der Waals surface area contributed by atoms with Gasteiger partial charge in [0, 0.05) is 6.08 Å². The van der Waals surface area contributed by atoms with Gasteiger partial charge >= 0.3 is 5.51 Å². The minimum Gasteiger partial charge on any atom is -0.366 e. The van der Waals surface area contributed by atoms with Crippen molar-refractivity contribution in [3.05, 3.63) is 35.9 Å². The Morgan fingerprint density at radius 1 is 1.17 bits per heavy atom. The van der Waals surface area contributed by atoms with Crippen LogP contribution in [-0.2, 0) is 14.6 Å². The van der Waals surface area contributed by atoms with Crippen LogP contribution in [0.2, 0.25) is 0 Å². The van der Waals surface area contributed by atoms with E-state index in [-0.39, 0.29) is 0 Å². The highest BCUT2D eigenvalue weighted by atomic mass is 32.2. The standard InChI is InChI=1S/C10H8F3NO3S/c11-10(12,13)18(16,17)8-4-1-7(2-5-8)3-6-9(14)15/h1-6H,(H2,14,15)/b6-3-. The van der Waals surface area contributed by atoms with Crippen molar-refractivity contribution in [2.24, 2.45) is 5.73 Å². The lowest BCUT2D eigenvalue weighted by atomic mass is 10.2. The van der Waals surface area contributed by atoms with Crippen molar-refractivity contribution in [1.29, 1.82) is 0 Å². The van der Waals surface area contributed by atoms with E-state index in [0.717, 1.165) is 30.3 Å². The second-order valence-corrected chi connectivity index (χ2v) is 5.20. The van der Waals surface area contributed by atoms with Crippen LogP contribution in [0.15, 0.2) is 35.2 Å². The quantitative estimate of drug-likeness (QED) is 0.851. The van der Waals surface area contributed by atoms with E-state index in [4.69, 9.17) is 5.73 Å². The molecule has 0 spiro atoms. The molecule has 98 valence electrons. The Morgan fingerprint density at radius 2 is 1.67 bits per heavy atom. The number of amides is 1. The first-order valence-electron chi connectivity index (χ1n) is 4.53. The third-order valence-corrected chi connectivity index (χ3v) is 3.44. The number of primary amides is 1. The first-order chi connectivity index (χ1) is 8.14. The number of rotatable bonds is 3. The fourth-order valence-electron chi connectivity index (χ4n) is 1.07. The molecule has 0 bridgehead atoms. The normalized spacial score (nSPS) is 12.8. The summed E-state index contributed by atoms with van der Waals surface area (Å²) in [5, 5.41) is 0. The van der Waals surface area contributed by atoms with Gasteiger partial charge in [-0.05, 0) is 23.8 Å². The highest BCUT2D eigenvalue weighted by Gasteiger charge is 2.46. The van der Waals surface area contributed by atoms with Gasteiger partial charge in [-0.2, -0.15) is 13.2 Å². The number of hydrogen-bond acceptors (Lipinski definition) is 3. The largest absolute Gasteiger partial charge is 0.501 e. The van der Waals surface area contributed by atoms with Gasteiger partial charge < -0.3 is 5.73 Å². The molecule has 18 heavy (non-hydrogen) atoms. The smallest absolute Gasteiger partial charge is 0.366 e. The molecule has 0 aliphatic rings. The van der Waals surface area contributed by atoms with Gasteiger partial charge in [0.2, 0.25) is 5.91 Å². The number of carbonyl (C=O) groups is 1. The monoisotopic (exact) mass is 279 g/mol. The number of carbonyl (C=O) groups excluding carboxylic acids is 1. The van der Waals surface area contributed by atoms with E-state index in [1.54, 1.807) is 0 Å². The van der Waals surface area contributed by atoms with Gasteiger partial charge in [-0.3, -0.25) is 4.79 Å². The van der Waals surface area contributed by atoms with Crippen LogP contribution in [-0.4, -0.2) is 19.8 Å². The first kappa shape index (κ1) is 14.2. The summed E-state index contributed by atoms with van der Waals surface area (Å²) in [4.78, 5) is 9.57. The molecule has 0 radical (unpaired) electrons. The molecule has 0 atom stereocenters. The van der Waals surface area contributed by atoms with Crippen LogP contribution < -0.4 is 5.73 Å². The first-order valence-corrected chi connectivity index (χ1v) is 6.02. The summed E-state index contributed by atoms with van der Waals surface area (Å²) in [5.74, 6) is -0.720. The molecule has 0 aliphatic heterocycles. The summed E-state index contributed by atoms with van der Waals surface area (Å²) in [7, 11) is -5.34. The van der Waals surface area contributed by atoms with Gasteiger partial charge in [0.1, 0.15) is 0 Å². The third kappa shape index (κ3) is 3.10. The Kier molecular flexibility index (Phi) is 3.80. The Morgan fingerprint density at radius 3 is 2.06 bits per heavy atom. The Balaban J connectivity index is 3.08. The maximum atomic E-state index is 12.2. The zero-order valence-electron chi connectivity index (χ0n) is 8.81. The van der Waals surface area contributed by atoms with E-state index in [9.17, 15) is 26.4 Å². The number of halogens is 3. The van der Waals surface area contributed by atoms with E-state index in [1.807, 2.05) is 0 Å². The average molecular weight is 279 g/mol. The third-order valence-electron chi connectivity index (χ3n) is 1.94. The van der Waals surface area contributed by atoms with Crippen molar-refractivity contribution >= 4 is 21.8 Å². The van der Waals surface area contributed by atoms with E-state index < -0.39 is 26.1 Å². The van der Waals surface area contributed by atoms with E-state index in [2.05, 4.69) is 0 Å². The summed E-state index contributed by atoms with van der Waals surface area (Å²) >= 11 is 0. The molecule has 0 aliphatic carbocycles. The lowest BCUT2D eigenvalue weighted by Gasteiger charge is -2.07. The van der Waals surface area contributed by atoms with Crippen molar-refractivity contribution in [3.63, 3.8) is 0 Å². The van der Waals surface area contributed by atoms with Crippen LogP contribution >= 0.6 is 0 Å². The topological polar surface area (TPSA) is 77.2 Å². The summed E-state index contributed by atoms with van der Waals surface area (Å²) in [5.41, 5.74) is -0.153. The molecular formula is C10H8F3NO3S. The number of sulfone groups is 1. The van der Waals surface area contributed by atoms with Crippen LogP contribution in [0.1, 0.15) is 5.56 Å². The van der Waals surface area contributed by atoms with Crippen LogP contribution in [0.25, 0.3) is 6.08 Å². The lowest BCUT2D eigenvalue weighted by molar-refractivity contribution is -0.113. The van der Waals surface area contributed by atoms with Crippen molar-refractivity contribution < 1.29 is 26.4 Å². The van der Waals surface area contributed by atoms with Crippen molar-refractivity contribution in [2.75, 3.05) is 0 Å². The minimum atomic E-state index is -5.34. The SMILES string of the molecule is NC(=O)/C=C\c1ccc(S(=O)(=O)C(F)(F)F)cc1. The Labute approximate surface area is 101 Å². The highest BCUT2D eigenvalue weighted by Crippen LogP contribution is 2.30. The Bertz CT molecular complexity index is 573. The highest BCUT2D eigenvalue weighted by molar-refractivity contribution is 7.92. The van der Waals surface area contributed by atoms with Crippen LogP contribution in [0.4, 0.5) is 13.2 Å². The Hall–Kier alpha value is -1.83. The average Bonchev–Trinajstić information content (AvgIpc) is 2.25.